The molecule has 2 aliphatic heterocycles. The fourth-order valence-electron chi connectivity index (χ4n) is 4.95. The Labute approximate surface area is 184 Å². The second-order valence-electron chi connectivity index (χ2n) is 8.58. The Morgan fingerprint density at radius 3 is 2.26 bits per heavy atom. The van der Waals surface area contributed by atoms with Crippen LogP contribution in [0.4, 0.5) is 0 Å². The first-order chi connectivity index (χ1) is 15.1. The summed E-state index contributed by atoms with van der Waals surface area (Å²) in [6.07, 6.45) is 1.41. The molecule has 0 aliphatic carbocycles. The maximum absolute atomic E-state index is 5.58. The van der Waals surface area contributed by atoms with Gasteiger partial charge in [0.1, 0.15) is 5.75 Å². The van der Waals surface area contributed by atoms with E-state index in [2.05, 4.69) is 73.2 Å². The van der Waals surface area contributed by atoms with Crippen molar-refractivity contribution >= 4 is 10.8 Å². The molecule has 0 radical (unpaired) electrons. The molecular weight excluding hydrogens is 388 g/mol. The normalized spacial score (nSPS) is 17.2. The predicted molar refractivity (Wildman–Crippen MR) is 123 cm³/mol. The zero-order valence-electron chi connectivity index (χ0n) is 18.7. The summed E-state index contributed by atoms with van der Waals surface area (Å²) in [7, 11) is 3.95. The molecule has 0 saturated heterocycles. The highest BCUT2D eigenvalue weighted by Gasteiger charge is 2.31. The Bertz CT molecular complexity index is 1080. The smallest absolute Gasteiger partial charge is 0.231 e. The van der Waals surface area contributed by atoms with Crippen molar-refractivity contribution in [2.24, 2.45) is 0 Å². The first-order valence-corrected chi connectivity index (χ1v) is 11.0. The van der Waals surface area contributed by atoms with Gasteiger partial charge < -0.3 is 14.2 Å². The summed E-state index contributed by atoms with van der Waals surface area (Å²) in [4.78, 5) is 5.06. The molecule has 0 bridgehead atoms. The van der Waals surface area contributed by atoms with Crippen LogP contribution in [-0.4, -0.2) is 36.9 Å². The monoisotopic (exact) mass is 418 g/mol. The number of rotatable bonds is 6. The molecule has 5 nitrogen and oxygen atoms in total. The molecule has 0 N–H and O–H groups in total. The second-order valence-corrected chi connectivity index (χ2v) is 8.58. The standard InChI is InChI=1S/C26H30N2O3/c1-5-26(28-14-21-12-24-25(31-16-30-24)13-22(21)15-28)27(3)17(2)18-6-7-20-11-23(29-4)9-8-19(20)10-18/h6-13,17,26H,5,14-16H2,1-4H3. The Balaban J connectivity index is 1.35. The van der Waals surface area contributed by atoms with Crippen LogP contribution in [0.1, 0.15) is 43.0 Å². The number of fused-ring (bicyclic) bond motifs is 3. The van der Waals surface area contributed by atoms with Crippen LogP contribution in [0.25, 0.3) is 10.8 Å². The zero-order valence-corrected chi connectivity index (χ0v) is 18.7. The topological polar surface area (TPSA) is 34.2 Å². The number of benzene rings is 3. The molecular formula is C26H30N2O3. The Morgan fingerprint density at radius 2 is 1.61 bits per heavy atom. The van der Waals surface area contributed by atoms with E-state index in [9.17, 15) is 0 Å². The summed E-state index contributed by atoms with van der Waals surface area (Å²) >= 11 is 0. The van der Waals surface area contributed by atoms with Gasteiger partial charge in [0, 0.05) is 19.1 Å². The molecule has 31 heavy (non-hydrogen) atoms. The summed E-state index contributed by atoms with van der Waals surface area (Å²) in [5.74, 6) is 2.65. The van der Waals surface area contributed by atoms with Gasteiger partial charge in [-0.2, -0.15) is 0 Å². The number of methoxy groups -OCH3 is 1. The molecule has 0 saturated carbocycles. The number of hydrogen-bond donors (Lipinski definition) is 0. The molecule has 2 aliphatic rings. The average Bonchev–Trinajstić information content (AvgIpc) is 3.42. The first-order valence-electron chi connectivity index (χ1n) is 11.0. The molecule has 0 fully saturated rings. The van der Waals surface area contributed by atoms with E-state index in [1.165, 1.54) is 27.5 Å². The molecule has 2 unspecified atom stereocenters. The van der Waals surface area contributed by atoms with E-state index in [1.807, 2.05) is 6.07 Å². The Morgan fingerprint density at radius 1 is 0.968 bits per heavy atom. The van der Waals surface area contributed by atoms with Crippen LogP contribution in [0.5, 0.6) is 17.2 Å². The molecule has 0 spiro atoms. The highest BCUT2D eigenvalue weighted by atomic mass is 16.7. The summed E-state index contributed by atoms with van der Waals surface area (Å²) in [6.45, 7) is 6.79. The third kappa shape index (κ3) is 3.62. The van der Waals surface area contributed by atoms with Gasteiger partial charge in [-0.05, 0) is 78.2 Å². The van der Waals surface area contributed by atoms with E-state index in [0.29, 0.717) is 19.0 Å². The van der Waals surface area contributed by atoms with Crippen LogP contribution in [0.2, 0.25) is 0 Å². The summed E-state index contributed by atoms with van der Waals surface area (Å²) in [5, 5.41) is 2.45. The molecule has 2 atom stereocenters. The minimum atomic E-state index is 0.303. The van der Waals surface area contributed by atoms with Crippen molar-refractivity contribution in [3.63, 3.8) is 0 Å². The lowest BCUT2D eigenvalue weighted by Crippen LogP contribution is -2.44. The third-order valence-corrected chi connectivity index (χ3v) is 6.86. The highest BCUT2D eigenvalue weighted by Crippen LogP contribution is 2.39. The number of ether oxygens (including phenoxy) is 3. The minimum absolute atomic E-state index is 0.303. The third-order valence-electron chi connectivity index (χ3n) is 6.86. The average molecular weight is 419 g/mol. The largest absolute Gasteiger partial charge is 0.497 e. The summed E-state index contributed by atoms with van der Waals surface area (Å²) in [6, 6.07) is 17.6. The van der Waals surface area contributed by atoms with E-state index < -0.39 is 0 Å². The van der Waals surface area contributed by atoms with E-state index in [-0.39, 0.29) is 0 Å². The fourth-order valence-corrected chi connectivity index (χ4v) is 4.95. The molecule has 2 heterocycles. The van der Waals surface area contributed by atoms with Crippen LogP contribution in [0.3, 0.4) is 0 Å². The summed E-state index contributed by atoms with van der Waals surface area (Å²) < 4.78 is 16.5. The maximum Gasteiger partial charge on any atom is 0.231 e. The molecule has 5 heteroatoms. The quantitative estimate of drug-likeness (QED) is 0.541. The Hall–Kier alpha value is -2.76. The molecule has 0 amide bonds. The molecule has 3 aromatic rings. The number of nitrogens with zero attached hydrogens (tertiary/aromatic N) is 2. The van der Waals surface area contributed by atoms with Gasteiger partial charge in [-0.15, -0.1) is 0 Å². The molecule has 3 aromatic carbocycles. The van der Waals surface area contributed by atoms with Crippen LogP contribution < -0.4 is 14.2 Å². The molecule has 0 aromatic heterocycles. The van der Waals surface area contributed by atoms with Crippen molar-refractivity contribution in [3.05, 3.63) is 65.2 Å². The van der Waals surface area contributed by atoms with Gasteiger partial charge in [0.15, 0.2) is 11.5 Å². The van der Waals surface area contributed by atoms with Crippen molar-refractivity contribution in [2.45, 2.75) is 45.6 Å². The van der Waals surface area contributed by atoms with Crippen LogP contribution in [0, 0.1) is 0 Å². The van der Waals surface area contributed by atoms with Gasteiger partial charge in [0.05, 0.1) is 13.3 Å². The SMILES string of the molecule is CCC(N1Cc2cc3c(cc2C1)OCO3)N(C)C(C)c1ccc2cc(OC)ccc2c1. The highest BCUT2D eigenvalue weighted by molar-refractivity contribution is 5.84. The van der Waals surface area contributed by atoms with E-state index >= 15 is 0 Å². The molecule has 5 rings (SSSR count). The molecule has 162 valence electrons. The number of hydrogen-bond acceptors (Lipinski definition) is 5. The summed E-state index contributed by atoms with van der Waals surface area (Å²) in [5.41, 5.74) is 4.03. The van der Waals surface area contributed by atoms with Gasteiger partial charge in [-0.3, -0.25) is 9.80 Å². The van der Waals surface area contributed by atoms with Crippen molar-refractivity contribution in [2.75, 3.05) is 21.0 Å². The van der Waals surface area contributed by atoms with Crippen molar-refractivity contribution in [1.82, 2.24) is 9.80 Å². The zero-order chi connectivity index (χ0) is 21.5. The Kier molecular flexibility index (Phi) is 5.24. The van der Waals surface area contributed by atoms with Gasteiger partial charge in [-0.1, -0.05) is 25.1 Å². The van der Waals surface area contributed by atoms with Crippen molar-refractivity contribution in [1.29, 1.82) is 0 Å². The van der Waals surface area contributed by atoms with Gasteiger partial charge >= 0.3 is 0 Å². The van der Waals surface area contributed by atoms with Gasteiger partial charge in [0.25, 0.3) is 0 Å². The predicted octanol–water partition coefficient (Wildman–Crippen LogP) is 5.32. The van der Waals surface area contributed by atoms with Gasteiger partial charge in [-0.25, -0.2) is 0 Å². The van der Waals surface area contributed by atoms with Gasteiger partial charge in [0.2, 0.25) is 6.79 Å². The maximum atomic E-state index is 5.58. The first kappa shape index (κ1) is 20.2. The van der Waals surface area contributed by atoms with Crippen LogP contribution in [0.15, 0.2) is 48.5 Å². The van der Waals surface area contributed by atoms with Crippen LogP contribution >= 0.6 is 0 Å². The lowest BCUT2D eigenvalue weighted by atomic mass is 10.0. The van der Waals surface area contributed by atoms with E-state index in [4.69, 9.17) is 14.2 Å². The lowest BCUT2D eigenvalue weighted by molar-refractivity contribution is 0.0296. The van der Waals surface area contributed by atoms with E-state index in [1.54, 1.807) is 7.11 Å². The van der Waals surface area contributed by atoms with Crippen molar-refractivity contribution in [3.8, 4) is 17.2 Å². The fraction of sp³-hybridized carbons (Fsp3) is 0.385. The van der Waals surface area contributed by atoms with E-state index in [0.717, 1.165) is 36.8 Å². The van der Waals surface area contributed by atoms with Crippen LogP contribution in [-0.2, 0) is 13.1 Å². The van der Waals surface area contributed by atoms with Crippen molar-refractivity contribution < 1.29 is 14.2 Å². The minimum Gasteiger partial charge on any atom is -0.497 e. The second kappa shape index (κ2) is 8.06. The lowest BCUT2D eigenvalue weighted by Gasteiger charge is -2.38.